The van der Waals surface area contributed by atoms with Crippen molar-refractivity contribution < 1.29 is 14.6 Å². The van der Waals surface area contributed by atoms with E-state index in [0.717, 1.165) is 0 Å². The molecule has 1 atom stereocenters. The van der Waals surface area contributed by atoms with E-state index >= 15 is 0 Å². The van der Waals surface area contributed by atoms with E-state index in [1.165, 1.54) is 13.3 Å². The van der Waals surface area contributed by atoms with Crippen LogP contribution in [0, 0.1) is 6.92 Å². The van der Waals surface area contributed by atoms with Gasteiger partial charge in [-0.05, 0) is 13.0 Å². The molecule has 1 heterocycles. The Morgan fingerprint density at radius 2 is 2.41 bits per heavy atom. The first-order valence-electron chi connectivity index (χ1n) is 5.22. The second-order valence-corrected chi connectivity index (χ2v) is 3.72. The van der Waals surface area contributed by atoms with Gasteiger partial charge in [0.05, 0.1) is 35.9 Å². The van der Waals surface area contributed by atoms with Crippen LogP contribution in [-0.2, 0) is 4.74 Å². The van der Waals surface area contributed by atoms with Crippen LogP contribution >= 0.6 is 0 Å². The average Bonchev–Trinajstić information content (AvgIpc) is 2.29. The van der Waals surface area contributed by atoms with Gasteiger partial charge in [0.25, 0.3) is 5.91 Å². The van der Waals surface area contributed by atoms with E-state index in [1.54, 1.807) is 13.0 Å². The molecule has 94 valence electrons. The number of methoxy groups -OCH3 is 1. The maximum atomic E-state index is 11.8. The summed E-state index contributed by atoms with van der Waals surface area (Å²) in [4.78, 5) is 15.8. The van der Waals surface area contributed by atoms with Crippen LogP contribution in [0.25, 0.3) is 0 Å². The van der Waals surface area contributed by atoms with E-state index in [4.69, 9.17) is 10.5 Å². The standard InChI is InChI=1S/C11H17N3O3/c1-7-10(3-8(12)4-13-7)11(16)14-5-9(15)6-17-2/h3-4,9,15H,5-6,12H2,1-2H3,(H,14,16). The fourth-order valence-electron chi connectivity index (χ4n) is 1.34. The largest absolute Gasteiger partial charge is 0.397 e. The summed E-state index contributed by atoms with van der Waals surface area (Å²) in [5, 5.41) is 12.0. The highest BCUT2D eigenvalue weighted by atomic mass is 16.5. The van der Waals surface area contributed by atoms with Crippen molar-refractivity contribution in [3.05, 3.63) is 23.5 Å². The van der Waals surface area contributed by atoms with Gasteiger partial charge in [-0.25, -0.2) is 0 Å². The van der Waals surface area contributed by atoms with Crippen molar-refractivity contribution in [1.29, 1.82) is 0 Å². The molecular weight excluding hydrogens is 222 g/mol. The van der Waals surface area contributed by atoms with Gasteiger partial charge in [-0.15, -0.1) is 0 Å². The molecule has 4 N–H and O–H groups in total. The SMILES string of the molecule is COCC(O)CNC(=O)c1cc(N)cnc1C. The molecule has 17 heavy (non-hydrogen) atoms. The van der Waals surface area contributed by atoms with Crippen LogP contribution in [0.3, 0.4) is 0 Å². The summed E-state index contributed by atoms with van der Waals surface area (Å²) in [7, 11) is 1.48. The lowest BCUT2D eigenvalue weighted by Crippen LogP contribution is -2.34. The van der Waals surface area contributed by atoms with Gasteiger partial charge in [-0.3, -0.25) is 9.78 Å². The molecule has 1 aromatic heterocycles. The van der Waals surface area contributed by atoms with Gasteiger partial charge >= 0.3 is 0 Å². The third kappa shape index (κ3) is 4.01. The number of rotatable bonds is 5. The van der Waals surface area contributed by atoms with Gasteiger partial charge in [0, 0.05) is 13.7 Å². The number of anilines is 1. The molecule has 1 unspecified atom stereocenters. The molecule has 0 aromatic carbocycles. The normalized spacial score (nSPS) is 12.2. The highest BCUT2D eigenvalue weighted by Crippen LogP contribution is 2.09. The molecule has 0 aliphatic carbocycles. The maximum absolute atomic E-state index is 11.8. The third-order valence-corrected chi connectivity index (χ3v) is 2.21. The summed E-state index contributed by atoms with van der Waals surface area (Å²) in [5.74, 6) is -0.308. The Morgan fingerprint density at radius 3 is 3.06 bits per heavy atom. The van der Waals surface area contributed by atoms with Gasteiger partial charge in [0.1, 0.15) is 0 Å². The molecule has 6 heteroatoms. The van der Waals surface area contributed by atoms with E-state index in [1.807, 2.05) is 0 Å². The number of nitrogens with two attached hydrogens (primary N) is 1. The average molecular weight is 239 g/mol. The Hall–Kier alpha value is -1.66. The monoisotopic (exact) mass is 239 g/mol. The summed E-state index contributed by atoms with van der Waals surface area (Å²) in [6.45, 7) is 2.02. The van der Waals surface area contributed by atoms with Crippen molar-refractivity contribution in [3.63, 3.8) is 0 Å². The number of aryl methyl sites for hydroxylation is 1. The quantitative estimate of drug-likeness (QED) is 0.656. The van der Waals surface area contributed by atoms with Crippen LogP contribution in [0.2, 0.25) is 0 Å². The van der Waals surface area contributed by atoms with Crippen molar-refractivity contribution >= 4 is 11.6 Å². The second-order valence-electron chi connectivity index (χ2n) is 3.72. The van der Waals surface area contributed by atoms with Crippen LogP contribution in [0.5, 0.6) is 0 Å². The van der Waals surface area contributed by atoms with Gasteiger partial charge < -0.3 is 20.9 Å². The zero-order valence-electron chi connectivity index (χ0n) is 9.93. The minimum absolute atomic E-state index is 0.126. The van der Waals surface area contributed by atoms with E-state index in [-0.39, 0.29) is 19.1 Å². The first kappa shape index (κ1) is 13.4. The lowest BCUT2D eigenvalue weighted by atomic mass is 10.2. The number of aromatic nitrogens is 1. The molecule has 1 rings (SSSR count). The summed E-state index contributed by atoms with van der Waals surface area (Å²) in [6, 6.07) is 1.56. The summed E-state index contributed by atoms with van der Waals surface area (Å²) in [5.41, 5.74) is 6.99. The van der Waals surface area contributed by atoms with Crippen LogP contribution in [0.15, 0.2) is 12.3 Å². The van der Waals surface area contributed by atoms with Crippen molar-refractivity contribution in [2.75, 3.05) is 26.0 Å². The number of ether oxygens (including phenoxy) is 1. The van der Waals surface area contributed by atoms with Crippen molar-refractivity contribution in [2.45, 2.75) is 13.0 Å². The Kier molecular flexibility index (Phi) is 4.86. The highest BCUT2D eigenvalue weighted by Gasteiger charge is 2.12. The molecule has 0 aliphatic heterocycles. The van der Waals surface area contributed by atoms with Gasteiger partial charge in [-0.1, -0.05) is 0 Å². The van der Waals surface area contributed by atoms with Gasteiger partial charge in [0.15, 0.2) is 0 Å². The third-order valence-electron chi connectivity index (χ3n) is 2.21. The van der Waals surface area contributed by atoms with E-state index < -0.39 is 6.10 Å². The lowest BCUT2D eigenvalue weighted by molar-refractivity contribution is 0.0609. The molecule has 0 fully saturated rings. The number of aliphatic hydroxyl groups excluding tert-OH is 1. The predicted molar refractivity (Wildman–Crippen MR) is 63.6 cm³/mol. The molecule has 0 spiro atoms. The number of amides is 1. The van der Waals surface area contributed by atoms with Crippen molar-refractivity contribution in [3.8, 4) is 0 Å². The van der Waals surface area contributed by atoms with Gasteiger partial charge in [-0.2, -0.15) is 0 Å². The van der Waals surface area contributed by atoms with Crippen molar-refractivity contribution in [2.24, 2.45) is 0 Å². The van der Waals surface area contributed by atoms with Crippen LogP contribution in [0.1, 0.15) is 16.1 Å². The number of nitrogens with zero attached hydrogens (tertiary/aromatic N) is 1. The number of carbonyl (C=O) groups excluding carboxylic acids is 1. The predicted octanol–water partition coefficient (Wildman–Crippen LogP) is -0.291. The molecule has 0 saturated carbocycles. The van der Waals surface area contributed by atoms with Crippen LogP contribution < -0.4 is 11.1 Å². The zero-order chi connectivity index (χ0) is 12.8. The molecule has 0 radical (unpaired) electrons. The van der Waals surface area contributed by atoms with E-state index in [2.05, 4.69) is 10.3 Å². The zero-order valence-corrected chi connectivity index (χ0v) is 9.93. The molecule has 0 aliphatic rings. The molecule has 0 bridgehead atoms. The first-order valence-corrected chi connectivity index (χ1v) is 5.22. The minimum Gasteiger partial charge on any atom is -0.397 e. The molecular formula is C11H17N3O3. The molecule has 1 aromatic rings. The molecule has 1 amide bonds. The molecule has 6 nitrogen and oxygen atoms in total. The number of carbonyl (C=O) groups is 1. The number of pyridine rings is 1. The first-order chi connectivity index (χ1) is 8.04. The Balaban J connectivity index is 2.61. The van der Waals surface area contributed by atoms with Gasteiger partial charge in [0.2, 0.25) is 0 Å². The maximum Gasteiger partial charge on any atom is 0.253 e. The summed E-state index contributed by atoms with van der Waals surface area (Å²) in [6.07, 6.45) is 0.768. The van der Waals surface area contributed by atoms with Crippen LogP contribution in [0.4, 0.5) is 5.69 Å². The number of hydrogen-bond donors (Lipinski definition) is 3. The second kappa shape index (κ2) is 6.17. The van der Waals surface area contributed by atoms with E-state index in [9.17, 15) is 9.90 Å². The fourth-order valence-corrected chi connectivity index (χ4v) is 1.34. The fraction of sp³-hybridized carbons (Fsp3) is 0.455. The smallest absolute Gasteiger partial charge is 0.253 e. The number of aliphatic hydroxyl groups is 1. The van der Waals surface area contributed by atoms with E-state index in [0.29, 0.717) is 16.9 Å². The molecule has 0 saturated heterocycles. The summed E-state index contributed by atoms with van der Waals surface area (Å²) >= 11 is 0. The Labute approximate surface area is 99.8 Å². The number of nitrogen functional groups attached to an aromatic ring is 1. The van der Waals surface area contributed by atoms with Crippen LogP contribution in [-0.4, -0.2) is 42.4 Å². The Bertz CT molecular complexity index is 396. The number of hydrogen-bond acceptors (Lipinski definition) is 5. The van der Waals surface area contributed by atoms with Crippen molar-refractivity contribution in [1.82, 2.24) is 10.3 Å². The Morgan fingerprint density at radius 1 is 1.71 bits per heavy atom. The lowest BCUT2D eigenvalue weighted by Gasteiger charge is -2.11. The highest BCUT2D eigenvalue weighted by molar-refractivity contribution is 5.95. The minimum atomic E-state index is -0.724. The topological polar surface area (TPSA) is 97.5 Å². The summed E-state index contributed by atoms with van der Waals surface area (Å²) < 4.78 is 4.75. The number of nitrogens with one attached hydrogen (secondary N) is 1.